The topological polar surface area (TPSA) is 643 Å². The van der Waals surface area contributed by atoms with E-state index in [9.17, 15) is 128 Å². The summed E-state index contributed by atoms with van der Waals surface area (Å²) in [5.41, 5.74) is 3.98. The number of unbranched alkanes of at least 4 members (excludes halogenated alkanes) is 1. The Kier molecular flexibility index (Phi) is 49.3. The number of ether oxygens (including phenoxy) is 5. The minimum atomic E-state index is -1.33. The highest BCUT2D eigenvalue weighted by Crippen LogP contribution is 2.43. The minimum absolute atomic E-state index is 0.00223. The normalized spacial score (nSPS) is 19.8. The van der Waals surface area contributed by atoms with Crippen molar-refractivity contribution in [3.05, 3.63) is 184 Å². The Morgan fingerprint density at radius 3 is 1.00 bits per heavy atom. The number of hydrogen-bond acceptors (Lipinski definition) is 36. The molecule has 4 aliphatic heterocycles. The molecule has 6 fully saturated rings. The van der Waals surface area contributed by atoms with Crippen LogP contribution in [0.5, 0.6) is 0 Å². The number of urea groups is 2. The van der Waals surface area contributed by atoms with Crippen LogP contribution in [0.2, 0.25) is 0 Å². The fraction of sp³-hybridized carbons (Fsp3) is 0.591. The van der Waals surface area contributed by atoms with Crippen LogP contribution in [0.25, 0.3) is 0 Å². The van der Waals surface area contributed by atoms with Gasteiger partial charge in [0.15, 0.2) is 12.1 Å². The molecule has 4 heterocycles. The molecule has 2 saturated carbocycles. The average Bonchev–Trinajstić information content (AvgIpc) is 1.60. The Balaban J connectivity index is 0.000000259. The van der Waals surface area contributed by atoms with Crippen molar-refractivity contribution in [3.8, 4) is 0 Å². The molecule has 10 rings (SSSR count). The van der Waals surface area contributed by atoms with Gasteiger partial charge in [-0.25, -0.2) is 38.6 Å². The van der Waals surface area contributed by atoms with Crippen LogP contribution in [0.4, 0.5) is 9.59 Å². The molecule has 6 aliphatic rings. The van der Waals surface area contributed by atoms with Crippen LogP contribution in [0.1, 0.15) is 146 Å². The second-order valence-electron chi connectivity index (χ2n) is 34.7. The highest BCUT2D eigenvalue weighted by molar-refractivity contribution is 7.99. The number of likely N-dealkylation sites (tertiary alicyclic amines) is 2. The largest absolute Gasteiger partial charge is 0.480 e. The fourth-order valence-electron chi connectivity index (χ4n) is 17.5. The summed E-state index contributed by atoms with van der Waals surface area (Å²) in [6.07, 6.45) is 10.5. The van der Waals surface area contributed by atoms with E-state index >= 15 is 0 Å². The standard InChI is InChI=1S/C25H35N3O9.C25H35N3O8S.C22H30N4O9.C21H28N4O9/c1-17(23(29)27-21-9-5-8-19(21)16-22(27)24(30)31)26-20(11-10-18-6-3-2-4-7-18)25(32)36-14-12-35-13-15-37-28(33)34;1-17(23(29)27-21-9-5-8-19(21)16-22(27)24(30)31)26-20(11-10-18-6-3-2-4-7-18)25(32)35-12-14-37-15-13-36-28(33)34;1-15(19(27)25-18(20(28)29)14-24(2)22(25)31)23-17(11-10-16-8-4-3-5-9-16)21(30)34-12-6-7-13-35-26(32)33;1-14(18(26)24-17(19(27)28)13-23(2)21(24)30)22-16(10-9-15-7-4-3-5-8-15)20(29)33-11-6-12-34-25(31)32/h2*2-4,6-7,17,19-22,26H,5,8-16H2,1H3,(H,30,31);3-5,8-9,15,17-18,23H,6-7,10-14H2,1-2H3,(H,28,29);3-5,7-8,14,16-17,22H,6,9-13H2,1-2H3,(H,27,28). The number of nitrogens with zero attached hydrogens (tertiary/aromatic N) is 10. The maximum atomic E-state index is 13.4. The summed E-state index contributed by atoms with van der Waals surface area (Å²) in [7, 11) is 2.80. The van der Waals surface area contributed by atoms with E-state index in [1.807, 2.05) is 121 Å². The number of carboxylic acids is 4. The number of benzene rings is 4. The van der Waals surface area contributed by atoms with E-state index in [1.165, 1.54) is 49.5 Å². The maximum absolute atomic E-state index is 13.4. The molecule has 4 saturated heterocycles. The number of carboxylic acid groups (broad SMARTS) is 4. The lowest BCUT2D eigenvalue weighted by Gasteiger charge is -2.32. The molecule has 16 atom stereocenters. The Morgan fingerprint density at radius 1 is 0.371 bits per heavy atom. The van der Waals surface area contributed by atoms with Crippen molar-refractivity contribution >= 4 is 95.2 Å². The lowest BCUT2D eigenvalue weighted by atomic mass is 10.0. The zero-order valence-corrected chi connectivity index (χ0v) is 81.3. The molecular weight excluding hydrogens is 1910 g/mol. The molecule has 0 aromatic heterocycles. The van der Waals surface area contributed by atoms with Crippen LogP contribution in [0, 0.1) is 52.3 Å². The van der Waals surface area contributed by atoms with Gasteiger partial charge in [-0.1, -0.05) is 134 Å². The molecule has 8 N–H and O–H groups in total. The lowest BCUT2D eigenvalue weighted by molar-refractivity contribution is -0.758. The van der Waals surface area contributed by atoms with E-state index in [-0.39, 0.29) is 134 Å². The van der Waals surface area contributed by atoms with Gasteiger partial charge >= 0.3 is 59.8 Å². The van der Waals surface area contributed by atoms with Crippen LogP contribution in [0.15, 0.2) is 121 Å². The van der Waals surface area contributed by atoms with Gasteiger partial charge in [-0.05, 0) is 165 Å². The highest BCUT2D eigenvalue weighted by atomic mass is 32.2. The third-order valence-electron chi connectivity index (χ3n) is 24.6. The van der Waals surface area contributed by atoms with Gasteiger partial charge in [0.1, 0.15) is 62.7 Å². The number of aryl methyl sites for hydroxylation is 4. The zero-order chi connectivity index (χ0) is 105. The number of thioether (sulfide) groups is 1. The number of hydrogen-bond donors (Lipinski definition) is 8. The first-order chi connectivity index (χ1) is 68.3. The second-order valence-corrected chi connectivity index (χ2v) is 35.9. The summed E-state index contributed by atoms with van der Waals surface area (Å²) >= 11 is 1.36. The molecule has 0 bridgehead atoms. The molecule has 786 valence electrons. The SMILES string of the molecule is CC(NC(CCc1ccccc1)C(=O)OCCCCO[N+](=O)[O-])C(=O)N1C(=O)N(C)CC1C(=O)O.CC(NC(CCc1ccccc1)C(=O)OCCCO[N+](=O)[O-])C(=O)N1C(=O)N(C)CC1C(=O)O.CC(NC(CCc1ccccc1)C(=O)OCCOCCO[N+](=O)[O-])C(=O)N1C(C(=O)O)CC2CCCC21.CC(NC(CCc1ccccc1)C(=O)OCCSCCO[N+](=O)[O-])C(=O)N1C(C(=O)O)CC2CCCC21. The number of carbonyl (C=O) groups excluding carboxylic acids is 10. The third-order valence-corrected chi connectivity index (χ3v) is 25.5. The number of aliphatic carboxylic acids is 4. The molecular formula is C93H128N14O35S. The zero-order valence-electron chi connectivity index (χ0n) is 80.4. The van der Waals surface area contributed by atoms with Gasteiger partial charge in [0, 0.05) is 44.1 Å². The van der Waals surface area contributed by atoms with Gasteiger partial charge < -0.3 is 83.1 Å². The summed E-state index contributed by atoms with van der Waals surface area (Å²) in [5, 5.41) is 87.2. The molecule has 16 unspecified atom stereocenters. The molecule has 2 aliphatic carbocycles. The fourth-order valence-corrected chi connectivity index (χ4v) is 18.1. The first-order valence-electron chi connectivity index (χ1n) is 47.1. The number of imide groups is 2. The van der Waals surface area contributed by atoms with Crippen molar-refractivity contribution in [1.82, 2.24) is 50.7 Å². The van der Waals surface area contributed by atoms with Crippen molar-refractivity contribution in [3.63, 3.8) is 0 Å². The predicted molar refractivity (Wildman–Crippen MR) is 503 cm³/mol. The Hall–Kier alpha value is -13.6. The molecule has 50 heteroatoms. The lowest BCUT2D eigenvalue weighted by Crippen LogP contribution is -2.55. The third kappa shape index (κ3) is 38.3. The van der Waals surface area contributed by atoms with E-state index in [0.29, 0.717) is 85.5 Å². The molecule has 0 radical (unpaired) electrons. The Bertz CT molecular complexity index is 4710. The second kappa shape index (κ2) is 60.6. The smallest absolute Gasteiger partial charge is 0.328 e. The first kappa shape index (κ1) is 116. The van der Waals surface area contributed by atoms with Crippen molar-refractivity contribution in [2.45, 2.75) is 234 Å². The monoisotopic (exact) mass is 2030 g/mol. The molecule has 0 spiro atoms. The summed E-state index contributed by atoms with van der Waals surface area (Å²) < 4.78 is 26.4. The van der Waals surface area contributed by atoms with E-state index in [4.69, 9.17) is 23.7 Å². The molecule has 143 heavy (non-hydrogen) atoms. The maximum Gasteiger partial charge on any atom is 0.328 e. The summed E-state index contributed by atoms with van der Waals surface area (Å²) in [5.74, 6) is -7.89. The van der Waals surface area contributed by atoms with Crippen molar-refractivity contribution in [2.24, 2.45) is 11.8 Å². The van der Waals surface area contributed by atoms with E-state index in [2.05, 4.69) is 40.6 Å². The van der Waals surface area contributed by atoms with E-state index < -0.39 is 164 Å². The van der Waals surface area contributed by atoms with Crippen LogP contribution >= 0.6 is 11.8 Å². The summed E-state index contributed by atoms with van der Waals surface area (Å²) in [6.45, 7) is 5.22. The summed E-state index contributed by atoms with van der Waals surface area (Å²) in [4.78, 5) is 240. The van der Waals surface area contributed by atoms with Crippen LogP contribution in [0.3, 0.4) is 0 Å². The van der Waals surface area contributed by atoms with Gasteiger partial charge in [-0.15, -0.1) is 40.5 Å². The average molecular weight is 2030 g/mol. The number of amides is 8. The van der Waals surface area contributed by atoms with Crippen molar-refractivity contribution in [1.29, 1.82) is 0 Å². The quantitative estimate of drug-likeness (QED) is 0.00926. The van der Waals surface area contributed by atoms with Gasteiger partial charge in [-0.2, -0.15) is 11.8 Å². The van der Waals surface area contributed by atoms with Gasteiger partial charge in [-0.3, -0.25) is 59.6 Å². The Morgan fingerprint density at radius 2 is 0.657 bits per heavy atom. The van der Waals surface area contributed by atoms with Gasteiger partial charge in [0.25, 0.3) is 20.3 Å². The van der Waals surface area contributed by atoms with E-state index in [1.54, 1.807) is 13.8 Å². The van der Waals surface area contributed by atoms with E-state index in [0.717, 1.165) is 70.6 Å². The number of fused-ring (bicyclic) bond motifs is 2. The van der Waals surface area contributed by atoms with Crippen LogP contribution in [-0.2, 0) is 126 Å². The molecule has 8 amide bonds. The summed E-state index contributed by atoms with van der Waals surface area (Å²) in [6, 6.07) is 24.9. The van der Waals surface area contributed by atoms with Crippen molar-refractivity contribution < 1.29 is 151 Å². The van der Waals surface area contributed by atoms with Gasteiger partial charge in [0.05, 0.1) is 76.9 Å². The Labute approximate surface area is 828 Å². The first-order valence-corrected chi connectivity index (χ1v) is 48.3. The number of rotatable bonds is 57. The number of likely N-dealkylation sites (N-methyl/N-ethyl adjacent to an activating group) is 2. The number of esters is 4. The predicted octanol–water partition coefficient (Wildman–Crippen LogP) is 5.19. The number of carbonyl (C=O) groups is 14. The molecule has 49 nitrogen and oxygen atoms in total. The number of nitrogens with one attached hydrogen (secondary N) is 4. The molecule has 4 aromatic rings. The molecule has 4 aromatic carbocycles. The highest BCUT2D eigenvalue weighted by Gasteiger charge is 2.53. The van der Waals surface area contributed by atoms with Crippen molar-refractivity contribution in [2.75, 3.05) is 105 Å². The minimum Gasteiger partial charge on any atom is -0.480 e. The van der Waals surface area contributed by atoms with Crippen LogP contribution in [-0.4, -0.2) is 343 Å². The van der Waals surface area contributed by atoms with Crippen LogP contribution < -0.4 is 21.3 Å². The van der Waals surface area contributed by atoms with Gasteiger partial charge in [0.2, 0.25) is 23.6 Å².